The number of unbranched alkanes of at least 4 members (excludes halogenated alkanes) is 1. The quantitative estimate of drug-likeness (QED) is 0.739. The topological polar surface area (TPSA) is 30.5 Å². The average molecular weight is 237 g/mol. The minimum absolute atomic E-state index is 0.294. The Labute approximate surface area is 104 Å². The summed E-state index contributed by atoms with van der Waals surface area (Å²) in [7, 11) is 3.36. The van der Waals surface area contributed by atoms with E-state index in [1.54, 1.807) is 14.2 Å². The molecule has 3 nitrogen and oxygen atoms in total. The van der Waals surface area contributed by atoms with Crippen molar-refractivity contribution in [2.75, 3.05) is 20.8 Å². The van der Waals surface area contributed by atoms with E-state index in [2.05, 4.69) is 25.2 Å². The van der Waals surface area contributed by atoms with Crippen molar-refractivity contribution in [3.8, 4) is 11.5 Å². The maximum Gasteiger partial charge on any atom is 0.127 e. The normalized spacial score (nSPS) is 12.2. The molecular formula is C14H23NO2. The Morgan fingerprint density at radius 2 is 2.00 bits per heavy atom. The van der Waals surface area contributed by atoms with Gasteiger partial charge in [0.1, 0.15) is 11.5 Å². The van der Waals surface area contributed by atoms with Gasteiger partial charge in [0.25, 0.3) is 0 Å². The monoisotopic (exact) mass is 237 g/mol. The first kappa shape index (κ1) is 13.8. The van der Waals surface area contributed by atoms with E-state index in [4.69, 9.17) is 9.47 Å². The van der Waals surface area contributed by atoms with Crippen molar-refractivity contribution < 1.29 is 9.47 Å². The second kappa shape index (κ2) is 7.17. The summed E-state index contributed by atoms with van der Waals surface area (Å²) in [6, 6.07) is 6.24. The van der Waals surface area contributed by atoms with Crippen LogP contribution in [0.1, 0.15) is 38.3 Å². The number of nitrogens with one attached hydrogen (secondary N) is 1. The molecule has 0 aliphatic heterocycles. The summed E-state index contributed by atoms with van der Waals surface area (Å²) in [5, 5.41) is 3.49. The lowest BCUT2D eigenvalue weighted by atomic mass is 10.1. The predicted octanol–water partition coefficient (Wildman–Crippen LogP) is 3.15. The molecule has 17 heavy (non-hydrogen) atoms. The molecule has 0 aromatic heterocycles. The Kier molecular flexibility index (Phi) is 5.84. The van der Waals surface area contributed by atoms with Gasteiger partial charge in [-0.15, -0.1) is 0 Å². The van der Waals surface area contributed by atoms with Crippen LogP contribution in [0.25, 0.3) is 0 Å². The average Bonchev–Trinajstić information content (AvgIpc) is 2.38. The third-order valence-electron chi connectivity index (χ3n) is 2.89. The van der Waals surface area contributed by atoms with Gasteiger partial charge < -0.3 is 14.8 Å². The van der Waals surface area contributed by atoms with E-state index in [9.17, 15) is 0 Å². The highest BCUT2D eigenvalue weighted by Gasteiger charge is 2.11. The molecule has 0 saturated heterocycles. The van der Waals surface area contributed by atoms with Crippen LogP contribution in [0.2, 0.25) is 0 Å². The van der Waals surface area contributed by atoms with E-state index in [0.717, 1.165) is 18.0 Å². The van der Waals surface area contributed by atoms with Crippen molar-refractivity contribution >= 4 is 0 Å². The standard InChI is InChI=1S/C14H23NO2/c1-5-6-9-15-11(2)13-8-7-12(16-3)10-14(13)17-4/h7-8,10-11,15H,5-6,9H2,1-4H3. The van der Waals surface area contributed by atoms with E-state index in [0.29, 0.717) is 6.04 Å². The second-order valence-electron chi connectivity index (χ2n) is 4.14. The van der Waals surface area contributed by atoms with Gasteiger partial charge in [-0.1, -0.05) is 19.4 Å². The molecule has 1 N–H and O–H groups in total. The van der Waals surface area contributed by atoms with Gasteiger partial charge >= 0.3 is 0 Å². The highest BCUT2D eigenvalue weighted by Crippen LogP contribution is 2.29. The molecule has 0 aliphatic rings. The molecule has 0 fully saturated rings. The molecule has 0 bridgehead atoms. The van der Waals surface area contributed by atoms with Crippen LogP contribution >= 0.6 is 0 Å². The molecular weight excluding hydrogens is 214 g/mol. The van der Waals surface area contributed by atoms with Gasteiger partial charge in [-0.3, -0.25) is 0 Å². The summed E-state index contributed by atoms with van der Waals surface area (Å²) in [5.41, 5.74) is 1.17. The molecule has 1 aromatic rings. The van der Waals surface area contributed by atoms with Crippen LogP contribution in [-0.2, 0) is 0 Å². The van der Waals surface area contributed by atoms with Crippen LogP contribution in [0.5, 0.6) is 11.5 Å². The van der Waals surface area contributed by atoms with Crippen LogP contribution in [-0.4, -0.2) is 20.8 Å². The first-order valence-electron chi connectivity index (χ1n) is 6.18. The first-order valence-corrected chi connectivity index (χ1v) is 6.18. The Bertz CT molecular complexity index is 339. The Morgan fingerprint density at radius 1 is 1.24 bits per heavy atom. The number of benzene rings is 1. The fourth-order valence-electron chi connectivity index (χ4n) is 1.78. The lowest BCUT2D eigenvalue weighted by molar-refractivity contribution is 0.385. The largest absolute Gasteiger partial charge is 0.497 e. The molecule has 1 rings (SSSR count). The number of methoxy groups -OCH3 is 2. The number of hydrogen-bond donors (Lipinski definition) is 1. The van der Waals surface area contributed by atoms with Gasteiger partial charge in [-0.05, 0) is 26.0 Å². The van der Waals surface area contributed by atoms with Crippen LogP contribution in [0, 0.1) is 0 Å². The number of hydrogen-bond acceptors (Lipinski definition) is 3. The number of rotatable bonds is 7. The van der Waals surface area contributed by atoms with Gasteiger partial charge in [0.2, 0.25) is 0 Å². The zero-order chi connectivity index (χ0) is 12.7. The zero-order valence-corrected chi connectivity index (χ0v) is 11.2. The summed E-state index contributed by atoms with van der Waals surface area (Å²) in [5.74, 6) is 1.70. The Hall–Kier alpha value is -1.22. The molecule has 0 aliphatic carbocycles. The van der Waals surface area contributed by atoms with E-state index >= 15 is 0 Å². The van der Waals surface area contributed by atoms with Crippen molar-refractivity contribution in [1.82, 2.24) is 5.32 Å². The molecule has 1 atom stereocenters. The summed E-state index contributed by atoms with van der Waals surface area (Å²) >= 11 is 0. The maximum atomic E-state index is 5.40. The highest BCUT2D eigenvalue weighted by atomic mass is 16.5. The van der Waals surface area contributed by atoms with Gasteiger partial charge in [0.05, 0.1) is 14.2 Å². The maximum absolute atomic E-state index is 5.40. The van der Waals surface area contributed by atoms with Gasteiger partial charge in [0, 0.05) is 17.7 Å². The molecule has 1 unspecified atom stereocenters. The molecule has 1 aromatic carbocycles. The molecule has 96 valence electrons. The Balaban J connectivity index is 2.74. The summed E-state index contributed by atoms with van der Waals surface area (Å²) in [6.07, 6.45) is 2.41. The molecule has 0 saturated carbocycles. The fourth-order valence-corrected chi connectivity index (χ4v) is 1.78. The molecule has 0 amide bonds. The van der Waals surface area contributed by atoms with E-state index in [1.807, 2.05) is 12.1 Å². The zero-order valence-electron chi connectivity index (χ0n) is 11.2. The van der Waals surface area contributed by atoms with Gasteiger partial charge in [0.15, 0.2) is 0 Å². The van der Waals surface area contributed by atoms with Crippen LogP contribution < -0.4 is 14.8 Å². The first-order chi connectivity index (χ1) is 8.22. The lowest BCUT2D eigenvalue weighted by Crippen LogP contribution is -2.20. The predicted molar refractivity (Wildman–Crippen MR) is 70.9 cm³/mol. The van der Waals surface area contributed by atoms with E-state index < -0.39 is 0 Å². The van der Waals surface area contributed by atoms with Crippen LogP contribution in [0.3, 0.4) is 0 Å². The lowest BCUT2D eigenvalue weighted by Gasteiger charge is -2.17. The molecule has 0 spiro atoms. The van der Waals surface area contributed by atoms with Crippen molar-refractivity contribution in [2.45, 2.75) is 32.7 Å². The summed E-state index contributed by atoms with van der Waals surface area (Å²) in [6.45, 7) is 5.38. The van der Waals surface area contributed by atoms with Crippen molar-refractivity contribution in [2.24, 2.45) is 0 Å². The minimum Gasteiger partial charge on any atom is -0.497 e. The number of ether oxygens (including phenoxy) is 2. The second-order valence-corrected chi connectivity index (χ2v) is 4.14. The van der Waals surface area contributed by atoms with Gasteiger partial charge in [-0.25, -0.2) is 0 Å². The van der Waals surface area contributed by atoms with Crippen LogP contribution in [0.4, 0.5) is 0 Å². The van der Waals surface area contributed by atoms with Crippen molar-refractivity contribution in [1.29, 1.82) is 0 Å². The van der Waals surface area contributed by atoms with Crippen molar-refractivity contribution in [3.05, 3.63) is 23.8 Å². The van der Waals surface area contributed by atoms with Gasteiger partial charge in [-0.2, -0.15) is 0 Å². The SMILES string of the molecule is CCCCNC(C)c1ccc(OC)cc1OC. The molecule has 0 heterocycles. The smallest absolute Gasteiger partial charge is 0.127 e. The molecule has 0 radical (unpaired) electrons. The van der Waals surface area contributed by atoms with Crippen LogP contribution in [0.15, 0.2) is 18.2 Å². The van der Waals surface area contributed by atoms with E-state index in [-0.39, 0.29) is 0 Å². The summed E-state index contributed by atoms with van der Waals surface area (Å²) < 4.78 is 10.6. The third kappa shape index (κ3) is 3.93. The molecule has 3 heteroatoms. The Morgan fingerprint density at radius 3 is 2.59 bits per heavy atom. The fraction of sp³-hybridized carbons (Fsp3) is 0.571. The van der Waals surface area contributed by atoms with Crippen molar-refractivity contribution in [3.63, 3.8) is 0 Å². The highest BCUT2D eigenvalue weighted by molar-refractivity contribution is 5.42. The summed E-state index contributed by atoms with van der Waals surface area (Å²) in [4.78, 5) is 0. The minimum atomic E-state index is 0.294. The third-order valence-corrected chi connectivity index (χ3v) is 2.89. The van der Waals surface area contributed by atoms with E-state index in [1.165, 1.54) is 18.4 Å².